The van der Waals surface area contributed by atoms with Crippen molar-refractivity contribution in [1.29, 1.82) is 0 Å². The van der Waals surface area contributed by atoms with Crippen molar-refractivity contribution in [2.75, 3.05) is 12.0 Å². The molecule has 2 aromatic rings. The van der Waals surface area contributed by atoms with Gasteiger partial charge in [0, 0.05) is 10.6 Å². The molecule has 116 valence electrons. The molecule has 1 heterocycles. The van der Waals surface area contributed by atoms with E-state index in [0.717, 1.165) is 5.56 Å². The molecule has 1 saturated heterocycles. The zero-order chi connectivity index (χ0) is 16.4. The number of amides is 1. The van der Waals surface area contributed by atoms with Crippen molar-refractivity contribution in [3.05, 3.63) is 64.0 Å². The van der Waals surface area contributed by atoms with Crippen molar-refractivity contribution >= 4 is 57.6 Å². The smallest absolute Gasteiger partial charge is 0.270 e. The molecule has 3 nitrogen and oxygen atoms in total. The van der Waals surface area contributed by atoms with E-state index < -0.39 is 0 Å². The van der Waals surface area contributed by atoms with Gasteiger partial charge >= 0.3 is 0 Å². The van der Waals surface area contributed by atoms with Crippen LogP contribution in [-0.4, -0.2) is 17.3 Å². The molecule has 0 radical (unpaired) electrons. The van der Waals surface area contributed by atoms with Crippen molar-refractivity contribution in [3.8, 4) is 5.75 Å². The number of benzene rings is 2. The van der Waals surface area contributed by atoms with Gasteiger partial charge in [-0.2, -0.15) is 0 Å². The zero-order valence-electron chi connectivity index (χ0n) is 12.2. The predicted octanol–water partition coefficient (Wildman–Crippen LogP) is 4.75. The maximum Gasteiger partial charge on any atom is 0.270 e. The first kappa shape index (κ1) is 16.1. The average molecular weight is 362 g/mol. The molecule has 1 aliphatic heterocycles. The number of hydrogen-bond acceptors (Lipinski definition) is 4. The maximum atomic E-state index is 12.7. The molecule has 0 aliphatic carbocycles. The molecule has 0 unspecified atom stereocenters. The largest absolute Gasteiger partial charge is 0.496 e. The average Bonchev–Trinajstić information content (AvgIpc) is 2.83. The Morgan fingerprint density at radius 2 is 1.87 bits per heavy atom. The number of anilines is 1. The van der Waals surface area contributed by atoms with Crippen LogP contribution in [0.5, 0.6) is 5.75 Å². The van der Waals surface area contributed by atoms with Crippen LogP contribution in [0, 0.1) is 0 Å². The Balaban J connectivity index is 1.95. The number of carbonyl (C=O) groups is 1. The second kappa shape index (κ2) is 6.74. The first-order valence-corrected chi connectivity index (χ1v) is 8.37. The van der Waals surface area contributed by atoms with Gasteiger partial charge in [0.05, 0.1) is 17.7 Å². The summed E-state index contributed by atoms with van der Waals surface area (Å²) in [7, 11) is 1.60. The summed E-state index contributed by atoms with van der Waals surface area (Å²) in [4.78, 5) is 14.8. The molecule has 2 aromatic carbocycles. The van der Waals surface area contributed by atoms with E-state index >= 15 is 0 Å². The fraction of sp³-hybridized carbons (Fsp3) is 0.0588. The van der Waals surface area contributed by atoms with Crippen LogP contribution < -0.4 is 9.64 Å². The molecule has 0 bridgehead atoms. The lowest BCUT2D eigenvalue weighted by molar-refractivity contribution is -0.113. The second-order valence-corrected chi connectivity index (χ2v) is 6.85. The van der Waals surface area contributed by atoms with Crippen LogP contribution in [-0.2, 0) is 4.79 Å². The number of thioether (sulfide) groups is 1. The SMILES string of the molecule is COc1ccccc1/C=C1/SC(=S)N(c2ccc(Cl)cc2)C1=O. The predicted molar refractivity (Wildman–Crippen MR) is 100 cm³/mol. The zero-order valence-corrected chi connectivity index (χ0v) is 14.5. The summed E-state index contributed by atoms with van der Waals surface area (Å²) in [6, 6.07) is 14.6. The molecular formula is C17H12ClNO2S2. The van der Waals surface area contributed by atoms with Gasteiger partial charge in [0.1, 0.15) is 5.75 Å². The molecule has 3 rings (SSSR count). The summed E-state index contributed by atoms with van der Waals surface area (Å²) in [5, 5.41) is 0.615. The minimum Gasteiger partial charge on any atom is -0.496 e. The van der Waals surface area contributed by atoms with Crippen molar-refractivity contribution in [1.82, 2.24) is 0 Å². The third kappa shape index (κ3) is 3.27. The minimum absolute atomic E-state index is 0.145. The standard InChI is InChI=1S/C17H12ClNO2S2/c1-21-14-5-3-2-4-11(14)10-15-16(20)19(17(22)23-15)13-8-6-12(18)7-9-13/h2-10H,1H3/b15-10+. The van der Waals surface area contributed by atoms with Crippen molar-refractivity contribution in [2.45, 2.75) is 0 Å². The number of halogens is 1. The molecule has 6 heteroatoms. The topological polar surface area (TPSA) is 29.5 Å². The molecule has 0 aromatic heterocycles. The lowest BCUT2D eigenvalue weighted by Gasteiger charge is -2.14. The number of rotatable bonds is 3. The Kier molecular flexibility index (Phi) is 4.71. The fourth-order valence-electron chi connectivity index (χ4n) is 2.21. The highest BCUT2D eigenvalue weighted by Crippen LogP contribution is 2.37. The lowest BCUT2D eigenvalue weighted by Crippen LogP contribution is -2.27. The molecule has 1 amide bonds. The van der Waals surface area contributed by atoms with E-state index in [1.165, 1.54) is 16.7 Å². The van der Waals surface area contributed by atoms with Gasteiger partial charge in [-0.25, -0.2) is 0 Å². The third-order valence-electron chi connectivity index (χ3n) is 3.30. The van der Waals surface area contributed by atoms with Gasteiger partial charge in [-0.1, -0.05) is 53.8 Å². The Hall–Kier alpha value is -1.82. The van der Waals surface area contributed by atoms with Gasteiger partial charge in [0.2, 0.25) is 0 Å². The second-order valence-electron chi connectivity index (χ2n) is 4.74. The van der Waals surface area contributed by atoms with E-state index in [4.69, 9.17) is 28.6 Å². The van der Waals surface area contributed by atoms with Gasteiger partial charge < -0.3 is 4.74 Å². The Labute approximate surface area is 148 Å². The van der Waals surface area contributed by atoms with Crippen LogP contribution in [0.25, 0.3) is 6.08 Å². The summed E-state index contributed by atoms with van der Waals surface area (Å²) >= 11 is 12.5. The van der Waals surface area contributed by atoms with Gasteiger partial charge in [-0.3, -0.25) is 9.69 Å². The number of nitrogens with zero attached hydrogens (tertiary/aromatic N) is 1. The van der Waals surface area contributed by atoms with Crippen LogP contribution in [0.4, 0.5) is 5.69 Å². The number of para-hydroxylation sites is 1. The normalized spacial score (nSPS) is 16.3. The summed E-state index contributed by atoms with van der Waals surface area (Å²) in [5.41, 5.74) is 1.55. The maximum absolute atomic E-state index is 12.7. The van der Waals surface area contributed by atoms with Gasteiger partial charge in [0.15, 0.2) is 4.32 Å². The summed E-state index contributed by atoms with van der Waals surface area (Å²) in [5.74, 6) is 0.567. The molecule has 0 atom stereocenters. The number of thiocarbonyl (C=S) groups is 1. The first-order chi connectivity index (χ1) is 11.1. The van der Waals surface area contributed by atoms with Gasteiger partial charge in [0.25, 0.3) is 5.91 Å². The molecule has 1 fully saturated rings. The van der Waals surface area contributed by atoms with E-state index in [0.29, 0.717) is 25.7 Å². The Morgan fingerprint density at radius 1 is 1.17 bits per heavy atom. The van der Waals surface area contributed by atoms with Gasteiger partial charge in [-0.05, 0) is 36.4 Å². The van der Waals surface area contributed by atoms with Crippen LogP contribution in [0.3, 0.4) is 0 Å². The van der Waals surface area contributed by atoms with E-state index in [1.807, 2.05) is 24.3 Å². The molecule has 0 N–H and O–H groups in total. The molecule has 23 heavy (non-hydrogen) atoms. The van der Waals surface area contributed by atoms with Crippen LogP contribution in [0.15, 0.2) is 53.4 Å². The molecule has 1 aliphatic rings. The van der Waals surface area contributed by atoms with Gasteiger partial charge in [-0.15, -0.1) is 0 Å². The Bertz CT molecular complexity index is 802. The minimum atomic E-state index is -0.145. The first-order valence-electron chi connectivity index (χ1n) is 6.76. The summed E-state index contributed by atoms with van der Waals surface area (Å²) in [6.45, 7) is 0. The van der Waals surface area contributed by atoms with Crippen molar-refractivity contribution in [2.24, 2.45) is 0 Å². The molecule has 0 saturated carbocycles. The van der Waals surface area contributed by atoms with E-state index in [9.17, 15) is 4.79 Å². The van der Waals surface area contributed by atoms with Crippen LogP contribution in [0.2, 0.25) is 5.02 Å². The Morgan fingerprint density at radius 3 is 2.57 bits per heavy atom. The number of carbonyl (C=O) groups excluding carboxylic acids is 1. The summed E-state index contributed by atoms with van der Waals surface area (Å²) in [6.07, 6.45) is 1.80. The fourth-order valence-corrected chi connectivity index (χ4v) is 3.62. The van der Waals surface area contributed by atoms with Crippen molar-refractivity contribution < 1.29 is 9.53 Å². The summed E-state index contributed by atoms with van der Waals surface area (Å²) < 4.78 is 5.81. The highest BCUT2D eigenvalue weighted by molar-refractivity contribution is 8.27. The number of ether oxygens (including phenoxy) is 1. The van der Waals surface area contributed by atoms with Crippen molar-refractivity contribution in [3.63, 3.8) is 0 Å². The molecule has 0 spiro atoms. The highest BCUT2D eigenvalue weighted by Gasteiger charge is 2.33. The third-order valence-corrected chi connectivity index (χ3v) is 4.86. The van der Waals surface area contributed by atoms with E-state index in [2.05, 4.69) is 0 Å². The highest BCUT2D eigenvalue weighted by atomic mass is 35.5. The van der Waals surface area contributed by atoms with E-state index in [-0.39, 0.29) is 5.91 Å². The monoisotopic (exact) mass is 361 g/mol. The quantitative estimate of drug-likeness (QED) is 0.582. The lowest BCUT2D eigenvalue weighted by atomic mass is 10.2. The van der Waals surface area contributed by atoms with E-state index in [1.54, 1.807) is 37.5 Å². The van der Waals surface area contributed by atoms with Crippen LogP contribution in [0.1, 0.15) is 5.56 Å². The number of hydrogen-bond donors (Lipinski definition) is 0. The number of methoxy groups -OCH3 is 1. The molecular weight excluding hydrogens is 350 g/mol. The van der Waals surface area contributed by atoms with Crippen LogP contribution >= 0.6 is 35.6 Å².